The number of amides is 4. The van der Waals surface area contributed by atoms with Crippen LogP contribution in [0.4, 0.5) is 23.7 Å². The molecule has 3 heterocycles. The molecule has 1 aromatic carbocycles. The third-order valence-electron chi connectivity index (χ3n) is 7.67. The number of rotatable bonds is 7. The van der Waals surface area contributed by atoms with E-state index in [0.717, 1.165) is 57.4 Å². The van der Waals surface area contributed by atoms with Crippen LogP contribution in [-0.4, -0.2) is 102 Å². The van der Waals surface area contributed by atoms with E-state index in [0.29, 0.717) is 29.8 Å². The predicted octanol–water partition coefficient (Wildman–Crippen LogP) is 2.49. The van der Waals surface area contributed by atoms with Crippen molar-refractivity contribution in [3.05, 3.63) is 23.8 Å². The summed E-state index contributed by atoms with van der Waals surface area (Å²) in [5.41, 5.74) is 1.54. The number of halogens is 3. The molecule has 3 N–H and O–H groups in total. The lowest BCUT2D eigenvalue weighted by Gasteiger charge is -2.39. The third kappa shape index (κ3) is 9.33. The zero-order valence-corrected chi connectivity index (χ0v) is 23.2. The summed E-state index contributed by atoms with van der Waals surface area (Å²) < 4.78 is 37.5. The van der Waals surface area contributed by atoms with Crippen LogP contribution >= 0.6 is 0 Å². The van der Waals surface area contributed by atoms with E-state index in [4.69, 9.17) is 19.7 Å². The van der Waals surface area contributed by atoms with Crippen LogP contribution < -0.4 is 15.0 Å². The normalized spacial score (nSPS) is 19.0. The molecular weight excluding hydrogens is 565 g/mol. The molecule has 3 saturated heterocycles. The number of likely N-dealkylation sites (tertiary alicyclic amines) is 2. The number of hydrogen-bond donors (Lipinski definition) is 3. The maximum absolute atomic E-state index is 12.7. The number of aryl methyl sites for hydroxylation is 1. The molecule has 4 amide bonds. The number of ether oxygens (including phenoxy) is 1. The second kappa shape index (κ2) is 14.3. The Kier molecular flexibility index (Phi) is 11.1. The summed E-state index contributed by atoms with van der Waals surface area (Å²) in [4.78, 5) is 61.4. The van der Waals surface area contributed by atoms with Crippen molar-refractivity contribution >= 4 is 35.5 Å². The van der Waals surface area contributed by atoms with Crippen LogP contribution in [0.1, 0.15) is 37.7 Å². The molecule has 0 radical (unpaired) electrons. The van der Waals surface area contributed by atoms with Crippen LogP contribution in [0.25, 0.3) is 0 Å². The summed E-state index contributed by atoms with van der Waals surface area (Å²) in [6.07, 6.45) is -0.814. The van der Waals surface area contributed by atoms with E-state index in [1.54, 1.807) is 18.2 Å². The first-order valence-corrected chi connectivity index (χ1v) is 13.6. The third-order valence-corrected chi connectivity index (χ3v) is 7.67. The number of benzene rings is 1. The Morgan fingerprint density at radius 2 is 1.55 bits per heavy atom. The fourth-order valence-corrected chi connectivity index (χ4v) is 5.44. The Bertz CT molecular complexity index is 1160. The second-order valence-electron chi connectivity index (χ2n) is 10.5. The monoisotopic (exact) mass is 600 g/mol. The number of carbonyl (C=O) groups excluding carboxylic acids is 3. The highest BCUT2D eigenvalue weighted by Crippen LogP contribution is 2.32. The van der Waals surface area contributed by atoms with Gasteiger partial charge in [-0.3, -0.25) is 29.5 Å². The number of imide groups is 1. The van der Waals surface area contributed by atoms with Gasteiger partial charge in [-0.2, -0.15) is 13.2 Å². The Morgan fingerprint density at radius 1 is 0.976 bits per heavy atom. The largest absolute Gasteiger partial charge is 0.490 e. The second-order valence-corrected chi connectivity index (χ2v) is 10.5. The summed E-state index contributed by atoms with van der Waals surface area (Å²) >= 11 is 0. The van der Waals surface area contributed by atoms with Crippen LogP contribution in [-0.2, 0) is 19.2 Å². The van der Waals surface area contributed by atoms with Crippen LogP contribution in [0.5, 0.6) is 5.75 Å². The van der Waals surface area contributed by atoms with Crippen LogP contribution in [0, 0.1) is 18.8 Å². The van der Waals surface area contributed by atoms with Crippen LogP contribution in [0.15, 0.2) is 18.2 Å². The zero-order chi connectivity index (χ0) is 31.0. The number of carboxylic acids is 2. The smallest absolute Gasteiger partial charge is 0.484 e. The number of nitrogens with one attached hydrogen (secondary N) is 1. The summed E-state index contributed by atoms with van der Waals surface area (Å²) in [7, 11) is 0. The van der Waals surface area contributed by atoms with Gasteiger partial charge >= 0.3 is 24.1 Å². The topological polar surface area (TPSA) is 157 Å². The van der Waals surface area contributed by atoms with Gasteiger partial charge in [0.25, 0.3) is 5.91 Å². The van der Waals surface area contributed by atoms with Gasteiger partial charge in [-0.05, 0) is 81.3 Å². The van der Waals surface area contributed by atoms with Crippen molar-refractivity contribution in [2.75, 3.05) is 50.8 Å². The zero-order valence-electron chi connectivity index (χ0n) is 23.2. The van der Waals surface area contributed by atoms with Crippen molar-refractivity contribution in [3.63, 3.8) is 0 Å². The van der Waals surface area contributed by atoms with E-state index in [1.165, 1.54) is 4.90 Å². The molecule has 232 valence electrons. The summed E-state index contributed by atoms with van der Waals surface area (Å²) in [5.74, 6) is -2.07. The van der Waals surface area contributed by atoms with Crippen molar-refractivity contribution in [2.45, 2.75) is 45.2 Å². The SMILES string of the molecule is Cc1cc(OCC(=O)N2CCC(C3CCN(CC(=O)O)CC3)CC2)ccc1N1CCC(=O)NC1=O.O=C(O)C(F)(F)F. The number of urea groups is 1. The minimum absolute atomic E-state index is 0.0320. The van der Waals surface area contributed by atoms with E-state index in [1.807, 2.05) is 16.7 Å². The molecule has 15 heteroatoms. The molecule has 0 spiro atoms. The highest BCUT2D eigenvalue weighted by molar-refractivity contribution is 6.05. The van der Waals surface area contributed by atoms with E-state index in [2.05, 4.69) is 5.32 Å². The lowest BCUT2D eigenvalue weighted by molar-refractivity contribution is -0.192. The van der Waals surface area contributed by atoms with Gasteiger partial charge in [-0.1, -0.05) is 0 Å². The quantitative estimate of drug-likeness (QED) is 0.428. The van der Waals surface area contributed by atoms with Gasteiger partial charge in [-0.15, -0.1) is 0 Å². The number of anilines is 1. The number of hydrogen-bond acceptors (Lipinski definition) is 7. The van der Waals surface area contributed by atoms with Gasteiger partial charge in [-0.25, -0.2) is 9.59 Å². The van der Waals surface area contributed by atoms with E-state index in [9.17, 15) is 32.3 Å². The molecule has 3 aliphatic heterocycles. The fourth-order valence-electron chi connectivity index (χ4n) is 5.44. The number of nitrogens with zero attached hydrogens (tertiary/aromatic N) is 3. The average Bonchev–Trinajstić information content (AvgIpc) is 2.92. The molecule has 0 saturated carbocycles. The average molecular weight is 601 g/mol. The number of carboxylic acid groups (broad SMARTS) is 2. The van der Waals surface area contributed by atoms with Gasteiger partial charge in [0.2, 0.25) is 5.91 Å². The lowest BCUT2D eigenvalue weighted by atomic mass is 9.79. The molecule has 0 bridgehead atoms. The fraction of sp³-hybridized carbons (Fsp3) is 0.593. The van der Waals surface area contributed by atoms with Gasteiger partial charge in [0.15, 0.2) is 6.61 Å². The maximum Gasteiger partial charge on any atom is 0.490 e. The molecule has 3 fully saturated rings. The molecular formula is C27H35F3N4O8. The number of carbonyl (C=O) groups is 5. The van der Waals surface area contributed by atoms with Crippen molar-refractivity contribution in [2.24, 2.45) is 11.8 Å². The first-order valence-electron chi connectivity index (χ1n) is 13.6. The maximum atomic E-state index is 12.7. The molecule has 1 aromatic rings. The Balaban J connectivity index is 0.000000616. The Hall–Kier alpha value is -3.88. The Labute approximate surface area is 240 Å². The summed E-state index contributed by atoms with van der Waals surface area (Å²) in [5, 5.41) is 18.4. The van der Waals surface area contributed by atoms with Gasteiger partial charge in [0.05, 0.1) is 6.54 Å². The summed E-state index contributed by atoms with van der Waals surface area (Å²) in [6, 6.07) is 4.89. The van der Waals surface area contributed by atoms with Crippen LogP contribution in [0.2, 0.25) is 0 Å². The standard InChI is InChI=1S/C25H34N4O6.C2HF3O2/c1-17-14-20(2-3-21(17)29-13-8-22(30)26-25(29)34)35-16-23(31)28-11-6-19(7-12-28)18-4-9-27(10-5-18)15-24(32)33;3-2(4,5)1(6)7/h2-3,14,18-19H,4-13,15-16H2,1H3,(H,32,33)(H,26,30,34);(H,6,7). The molecule has 0 aromatic heterocycles. The van der Waals surface area contributed by atoms with Crippen molar-refractivity contribution in [3.8, 4) is 5.75 Å². The molecule has 3 aliphatic rings. The number of aliphatic carboxylic acids is 2. The van der Waals surface area contributed by atoms with Gasteiger partial charge in [0.1, 0.15) is 5.75 Å². The first kappa shape index (κ1) is 32.6. The molecule has 0 unspecified atom stereocenters. The van der Waals surface area contributed by atoms with Crippen LogP contribution in [0.3, 0.4) is 0 Å². The molecule has 42 heavy (non-hydrogen) atoms. The first-order chi connectivity index (χ1) is 19.7. The predicted molar refractivity (Wildman–Crippen MR) is 142 cm³/mol. The van der Waals surface area contributed by atoms with E-state index < -0.39 is 24.1 Å². The van der Waals surface area contributed by atoms with Gasteiger partial charge in [0, 0.05) is 31.7 Å². The van der Waals surface area contributed by atoms with E-state index in [-0.39, 0.29) is 31.4 Å². The van der Waals surface area contributed by atoms with Crippen molar-refractivity contribution in [1.29, 1.82) is 0 Å². The molecule has 4 rings (SSSR count). The minimum Gasteiger partial charge on any atom is -0.484 e. The summed E-state index contributed by atoms with van der Waals surface area (Å²) in [6.45, 7) is 5.41. The van der Waals surface area contributed by atoms with E-state index >= 15 is 0 Å². The number of alkyl halides is 3. The van der Waals surface area contributed by atoms with Gasteiger partial charge < -0.3 is 19.8 Å². The molecule has 0 atom stereocenters. The minimum atomic E-state index is -5.08. The lowest BCUT2D eigenvalue weighted by Crippen LogP contribution is -2.49. The highest BCUT2D eigenvalue weighted by atomic mass is 19.4. The van der Waals surface area contributed by atoms with Crippen molar-refractivity contribution < 1.29 is 52.1 Å². The highest BCUT2D eigenvalue weighted by Gasteiger charge is 2.38. The molecule has 0 aliphatic carbocycles. The van der Waals surface area contributed by atoms with Crippen molar-refractivity contribution in [1.82, 2.24) is 15.1 Å². The number of piperidine rings is 2. The Morgan fingerprint density at radius 3 is 2.05 bits per heavy atom. The molecule has 12 nitrogen and oxygen atoms in total.